The predicted molar refractivity (Wildman–Crippen MR) is 66.4 cm³/mol. The summed E-state index contributed by atoms with van der Waals surface area (Å²) in [6, 6.07) is 4.60. The summed E-state index contributed by atoms with van der Waals surface area (Å²) < 4.78 is 39.7. The highest BCUT2D eigenvalue weighted by Gasteiger charge is 2.12. The summed E-state index contributed by atoms with van der Waals surface area (Å²) in [4.78, 5) is 3.66. The zero-order chi connectivity index (χ0) is 14.0. The van der Waals surface area contributed by atoms with E-state index >= 15 is 0 Å². The molecule has 7 heteroatoms. The smallest absolute Gasteiger partial charge is 0.178 e. The molecule has 0 amide bonds. The number of nitrogens with one attached hydrogen (secondary N) is 2. The first-order valence-corrected chi connectivity index (χ1v) is 5.37. The van der Waals surface area contributed by atoms with Crippen molar-refractivity contribution in [2.24, 2.45) is 5.84 Å². The third kappa shape index (κ3) is 2.76. The second kappa shape index (κ2) is 5.15. The molecule has 2 aromatic rings. The maximum atomic E-state index is 13.6. The number of halogens is 3. The lowest BCUT2D eigenvalue weighted by atomic mass is 10.2. The number of pyridine rings is 1. The van der Waals surface area contributed by atoms with E-state index in [0.29, 0.717) is 17.3 Å². The Morgan fingerprint density at radius 1 is 1.05 bits per heavy atom. The highest BCUT2D eigenvalue weighted by atomic mass is 19.1. The van der Waals surface area contributed by atoms with Crippen LogP contribution in [-0.4, -0.2) is 4.98 Å². The lowest BCUT2D eigenvalue weighted by molar-refractivity contribution is 0.579. The Morgan fingerprint density at radius 2 is 1.74 bits per heavy atom. The normalized spacial score (nSPS) is 10.4. The molecule has 0 bridgehead atoms. The molecule has 0 aliphatic carbocycles. The van der Waals surface area contributed by atoms with E-state index < -0.39 is 17.5 Å². The third-order valence-corrected chi connectivity index (χ3v) is 2.51. The maximum absolute atomic E-state index is 13.6. The second-order valence-corrected chi connectivity index (χ2v) is 3.88. The van der Waals surface area contributed by atoms with Gasteiger partial charge in [-0.05, 0) is 30.7 Å². The van der Waals surface area contributed by atoms with Crippen LogP contribution in [0.1, 0.15) is 5.56 Å². The minimum absolute atomic E-state index is 0.205. The molecule has 0 atom stereocenters. The lowest BCUT2D eigenvalue weighted by Gasteiger charge is -2.11. The van der Waals surface area contributed by atoms with Crippen LogP contribution in [0.3, 0.4) is 0 Å². The van der Waals surface area contributed by atoms with Gasteiger partial charge in [0.05, 0.1) is 0 Å². The molecule has 0 radical (unpaired) electrons. The minimum atomic E-state index is -0.902. The number of nitrogen functional groups attached to an aromatic ring is 1. The summed E-state index contributed by atoms with van der Waals surface area (Å²) >= 11 is 0. The molecule has 19 heavy (non-hydrogen) atoms. The number of hydrazine groups is 1. The molecule has 1 heterocycles. The Morgan fingerprint density at radius 3 is 2.37 bits per heavy atom. The molecule has 0 spiro atoms. The molecule has 0 saturated heterocycles. The summed E-state index contributed by atoms with van der Waals surface area (Å²) in [5, 5.41) is 2.65. The Kier molecular flexibility index (Phi) is 3.57. The number of benzene rings is 1. The van der Waals surface area contributed by atoms with Crippen LogP contribution >= 0.6 is 0 Å². The number of hydrogen-bond donors (Lipinski definition) is 3. The molecule has 1 aromatic heterocycles. The van der Waals surface area contributed by atoms with Gasteiger partial charge in [0.1, 0.15) is 5.82 Å². The maximum Gasteiger partial charge on any atom is 0.178 e. The van der Waals surface area contributed by atoms with E-state index in [9.17, 15) is 13.2 Å². The number of aromatic nitrogens is 1. The van der Waals surface area contributed by atoms with Crippen LogP contribution < -0.4 is 16.6 Å². The number of aryl methyl sites for hydroxylation is 1. The molecular formula is C12H11F3N4. The molecule has 0 aliphatic rings. The van der Waals surface area contributed by atoms with Crippen molar-refractivity contribution in [2.75, 3.05) is 10.7 Å². The van der Waals surface area contributed by atoms with Crippen molar-refractivity contribution in [3.63, 3.8) is 0 Å². The van der Waals surface area contributed by atoms with Crippen molar-refractivity contribution in [2.45, 2.75) is 6.92 Å². The molecule has 0 aliphatic heterocycles. The highest BCUT2D eigenvalue weighted by Crippen LogP contribution is 2.24. The largest absolute Gasteiger partial charge is 0.337 e. The van der Waals surface area contributed by atoms with Gasteiger partial charge in [-0.3, -0.25) is 0 Å². The number of rotatable bonds is 3. The van der Waals surface area contributed by atoms with Crippen LogP contribution in [0, 0.1) is 24.4 Å². The first kappa shape index (κ1) is 13.2. The van der Waals surface area contributed by atoms with Crippen LogP contribution in [-0.2, 0) is 0 Å². The molecule has 0 fully saturated rings. The fraction of sp³-hybridized carbons (Fsp3) is 0.0833. The van der Waals surface area contributed by atoms with Crippen LogP contribution in [0.25, 0.3) is 0 Å². The summed E-state index contributed by atoms with van der Waals surface area (Å²) in [5.41, 5.74) is 3.04. The van der Waals surface area contributed by atoms with Gasteiger partial charge < -0.3 is 10.7 Å². The average molecular weight is 268 g/mol. The molecule has 2 rings (SSSR count). The Hall–Kier alpha value is -2.28. The Labute approximate surface area is 107 Å². The van der Waals surface area contributed by atoms with E-state index in [2.05, 4.69) is 10.3 Å². The van der Waals surface area contributed by atoms with Crippen molar-refractivity contribution < 1.29 is 13.2 Å². The lowest BCUT2D eigenvalue weighted by Crippen LogP contribution is -2.12. The Bertz CT molecular complexity index is 616. The number of nitrogens with zero attached hydrogens (tertiary/aromatic N) is 1. The second-order valence-electron chi connectivity index (χ2n) is 3.88. The highest BCUT2D eigenvalue weighted by molar-refractivity contribution is 5.62. The van der Waals surface area contributed by atoms with Gasteiger partial charge in [-0.15, -0.1) is 0 Å². The first-order chi connectivity index (χ1) is 9.01. The van der Waals surface area contributed by atoms with Crippen LogP contribution in [0.2, 0.25) is 0 Å². The van der Waals surface area contributed by atoms with E-state index in [1.165, 1.54) is 18.2 Å². The van der Waals surface area contributed by atoms with E-state index in [4.69, 9.17) is 5.84 Å². The number of anilines is 3. The molecule has 0 saturated carbocycles. The zero-order valence-electron chi connectivity index (χ0n) is 9.97. The third-order valence-electron chi connectivity index (χ3n) is 2.51. The van der Waals surface area contributed by atoms with Gasteiger partial charge in [0.25, 0.3) is 0 Å². The van der Waals surface area contributed by atoms with Gasteiger partial charge in [-0.1, -0.05) is 0 Å². The quantitative estimate of drug-likeness (QED) is 0.591. The van der Waals surface area contributed by atoms with Crippen LogP contribution in [0.4, 0.5) is 30.5 Å². The van der Waals surface area contributed by atoms with E-state index in [-0.39, 0.29) is 11.6 Å². The fourth-order valence-electron chi connectivity index (χ4n) is 1.55. The van der Waals surface area contributed by atoms with E-state index in [1.807, 2.05) is 5.43 Å². The fourth-order valence-corrected chi connectivity index (χ4v) is 1.55. The van der Waals surface area contributed by atoms with Crippen molar-refractivity contribution in [1.82, 2.24) is 4.98 Å². The summed E-state index contributed by atoms with van der Waals surface area (Å²) in [6.45, 7) is 1.65. The monoisotopic (exact) mass is 268 g/mol. The van der Waals surface area contributed by atoms with Gasteiger partial charge in [0, 0.05) is 11.8 Å². The topological polar surface area (TPSA) is 63.0 Å². The van der Waals surface area contributed by atoms with E-state index in [1.54, 1.807) is 6.92 Å². The SMILES string of the molecule is Cc1cc(F)ccc1Nc1nc(NN)c(F)cc1F. The Balaban J connectivity index is 2.37. The summed E-state index contributed by atoms with van der Waals surface area (Å²) in [6.07, 6.45) is 0. The summed E-state index contributed by atoms with van der Waals surface area (Å²) in [5.74, 6) is 2.39. The molecule has 1 aromatic carbocycles. The predicted octanol–water partition coefficient (Wildman–Crippen LogP) is 2.84. The molecule has 4 nitrogen and oxygen atoms in total. The van der Waals surface area contributed by atoms with Crippen LogP contribution in [0.5, 0.6) is 0 Å². The van der Waals surface area contributed by atoms with E-state index in [0.717, 1.165) is 0 Å². The summed E-state index contributed by atoms with van der Waals surface area (Å²) in [7, 11) is 0. The minimum Gasteiger partial charge on any atom is -0.337 e. The zero-order valence-corrected chi connectivity index (χ0v) is 9.97. The van der Waals surface area contributed by atoms with Gasteiger partial charge >= 0.3 is 0 Å². The standard InChI is InChI=1S/C12H11F3N4/c1-6-4-7(13)2-3-10(6)17-11-8(14)5-9(15)12(18-11)19-16/h2-5H,16H2,1H3,(H2,17,18,19). The van der Waals surface area contributed by atoms with Crippen molar-refractivity contribution in [3.05, 3.63) is 47.3 Å². The van der Waals surface area contributed by atoms with Crippen molar-refractivity contribution in [1.29, 1.82) is 0 Å². The number of hydrogen-bond acceptors (Lipinski definition) is 4. The molecule has 0 unspecified atom stereocenters. The molecule has 4 N–H and O–H groups in total. The first-order valence-electron chi connectivity index (χ1n) is 5.37. The average Bonchev–Trinajstić information content (AvgIpc) is 2.35. The van der Waals surface area contributed by atoms with Crippen molar-refractivity contribution in [3.8, 4) is 0 Å². The van der Waals surface area contributed by atoms with Gasteiger partial charge in [0.2, 0.25) is 0 Å². The van der Waals surface area contributed by atoms with Crippen LogP contribution in [0.15, 0.2) is 24.3 Å². The number of nitrogens with two attached hydrogens (primary N) is 1. The molecular weight excluding hydrogens is 257 g/mol. The van der Waals surface area contributed by atoms with Gasteiger partial charge in [0.15, 0.2) is 23.3 Å². The van der Waals surface area contributed by atoms with Gasteiger partial charge in [-0.25, -0.2) is 24.0 Å². The molecule has 100 valence electrons. The van der Waals surface area contributed by atoms with Crippen molar-refractivity contribution >= 4 is 17.3 Å². The van der Waals surface area contributed by atoms with Gasteiger partial charge in [-0.2, -0.15) is 0 Å².